The molecular formula is C14H17ClF2N2O. The quantitative estimate of drug-likeness (QED) is 0.799. The lowest BCUT2D eigenvalue weighted by molar-refractivity contribution is 0.0487. The SMILES string of the molecule is CCN1C=CCN1Cc1ccc(OCC(F)F)c(Cl)c1. The normalized spacial score (nSPS) is 15.3. The van der Waals surface area contributed by atoms with E-state index >= 15 is 0 Å². The molecule has 0 radical (unpaired) electrons. The number of benzene rings is 1. The van der Waals surface area contributed by atoms with E-state index in [9.17, 15) is 8.78 Å². The molecule has 0 unspecified atom stereocenters. The lowest BCUT2D eigenvalue weighted by atomic mass is 10.2. The van der Waals surface area contributed by atoms with Crippen LogP contribution >= 0.6 is 11.6 Å². The molecule has 1 aliphatic heterocycles. The van der Waals surface area contributed by atoms with Gasteiger partial charge in [-0.05, 0) is 24.6 Å². The number of rotatable bonds is 6. The van der Waals surface area contributed by atoms with Crippen LogP contribution in [-0.4, -0.2) is 36.1 Å². The van der Waals surface area contributed by atoms with Crippen molar-refractivity contribution < 1.29 is 13.5 Å². The van der Waals surface area contributed by atoms with Crippen LogP contribution in [0.1, 0.15) is 12.5 Å². The largest absolute Gasteiger partial charge is 0.486 e. The molecule has 2 rings (SSSR count). The van der Waals surface area contributed by atoms with Gasteiger partial charge in [0.15, 0.2) is 0 Å². The molecule has 0 atom stereocenters. The van der Waals surface area contributed by atoms with Gasteiger partial charge in [-0.15, -0.1) is 0 Å². The van der Waals surface area contributed by atoms with Crippen LogP contribution in [-0.2, 0) is 6.54 Å². The highest BCUT2D eigenvalue weighted by molar-refractivity contribution is 6.32. The summed E-state index contributed by atoms with van der Waals surface area (Å²) in [6, 6.07) is 5.24. The number of alkyl halides is 2. The molecule has 20 heavy (non-hydrogen) atoms. The van der Waals surface area contributed by atoms with Crippen molar-refractivity contribution in [2.45, 2.75) is 19.9 Å². The average molecular weight is 303 g/mol. The average Bonchev–Trinajstić information content (AvgIpc) is 2.85. The first-order valence-corrected chi connectivity index (χ1v) is 6.85. The third-order valence-corrected chi connectivity index (χ3v) is 3.30. The molecule has 0 N–H and O–H groups in total. The molecule has 0 aliphatic carbocycles. The Labute approximate surface area is 122 Å². The highest BCUT2D eigenvalue weighted by Crippen LogP contribution is 2.27. The van der Waals surface area contributed by atoms with Crippen LogP contribution in [0.2, 0.25) is 5.02 Å². The summed E-state index contributed by atoms with van der Waals surface area (Å²) in [5.74, 6) is 0.294. The number of nitrogens with zero attached hydrogens (tertiary/aromatic N) is 2. The van der Waals surface area contributed by atoms with Gasteiger partial charge in [0.05, 0.1) is 5.02 Å². The Kier molecular flexibility index (Phi) is 5.20. The number of halogens is 3. The van der Waals surface area contributed by atoms with Crippen molar-refractivity contribution in [3.63, 3.8) is 0 Å². The summed E-state index contributed by atoms with van der Waals surface area (Å²) in [6.07, 6.45) is 1.63. The van der Waals surface area contributed by atoms with Crippen LogP contribution in [0.4, 0.5) is 8.78 Å². The van der Waals surface area contributed by atoms with Crippen molar-refractivity contribution in [1.82, 2.24) is 10.0 Å². The molecule has 0 amide bonds. The van der Waals surface area contributed by atoms with Crippen molar-refractivity contribution in [2.24, 2.45) is 0 Å². The van der Waals surface area contributed by atoms with Gasteiger partial charge in [-0.25, -0.2) is 13.8 Å². The first kappa shape index (κ1) is 15.1. The van der Waals surface area contributed by atoms with Crippen molar-refractivity contribution in [3.8, 4) is 5.75 Å². The molecule has 6 heteroatoms. The van der Waals surface area contributed by atoms with Gasteiger partial charge in [0.1, 0.15) is 12.4 Å². The molecule has 0 spiro atoms. The minimum Gasteiger partial charge on any atom is -0.486 e. The molecule has 0 aromatic heterocycles. The predicted octanol–water partition coefficient (Wildman–Crippen LogP) is 3.55. The Bertz CT molecular complexity index is 482. The molecule has 0 bridgehead atoms. The Morgan fingerprint density at radius 2 is 2.20 bits per heavy atom. The van der Waals surface area contributed by atoms with Crippen molar-refractivity contribution >= 4 is 11.6 Å². The van der Waals surface area contributed by atoms with E-state index < -0.39 is 13.0 Å². The molecule has 3 nitrogen and oxygen atoms in total. The van der Waals surface area contributed by atoms with Crippen LogP contribution in [0.25, 0.3) is 0 Å². The van der Waals surface area contributed by atoms with Crippen LogP contribution in [0.3, 0.4) is 0 Å². The molecule has 1 heterocycles. The topological polar surface area (TPSA) is 15.7 Å². The van der Waals surface area contributed by atoms with E-state index in [1.165, 1.54) is 0 Å². The third kappa shape index (κ3) is 3.84. The second kappa shape index (κ2) is 6.90. The summed E-state index contributed by atoms with van der Waals surface area (Å²) in [5.41, 5.74) is 1.02. The molecular weight excluding hydrogens is 286 g/mol. The second-order valence-corrected chi connectivity index (χ2v) is 4.86. The fourth-order valence-electron chi connectivity index (χ4n) is 2.07. The van der Waals surface area contributed by atoms with Gasteiger partial charge in [-0.1, -0.05) is 23.7 Å². The van der Waals surface area contributed by atoms with Crippen LogP contribution in [0.5, 0.6) is 5.75 Å². The molecule has 0 fully saturated rings. The monoisotopic (exact) mass is 302 g/mol. The molecule has 0 saturated heterocycles. The highest BCUT2D eigenvalue weighted by atomic mass is 35.5. The Morgan fingerprint density at radius 3 is 2.85 bits per heavy atom. The fourth-order valence-corrected chi connectivity index (χ4v) is 2.33. The van der Waals surface area contributed by atoms with Gasteiger partial charge in [0, 0.05) is 25.8 Å². The van der Waals surface area contributed by atoms with E-state index in [1.807, 2.05) is 12.3 Å². The Balaban J connectivity index is 1.98. The molecule has 1 aromatic rings. The van der Waals surface area contributed by atoms with Crippen molar-refractivity contribution in [3.05, 3.63) is 41.1 Å². The zero-order valence-electron chi connectivity index (χ0n) is 11.2. The summed E-state index contributed by atoms with van der Waals surface area (Å²) in [4.78, 5) is 0. The zero-order chi connectivity index (χ0) is 14.5. The summed E-state index contributed by atoms with van der Waals surface area (Å²) < 4.78 is 29.1. The minimum absolute atomic E-state index is 0.294. The van der Waals surface area contributed by atoms with Gasteiger partial charge in [0.2, 0.25) is 0 Å². The molecule has 110 valence electrons. The molecule has 0 saturated carbocycles. The maximum absolute atomic E-state index is 12.1. The standard InChI is InChI=1S/C14H17ClF2N2O/c1-2-18-6-3-7-19(18)9-11-4-5-13(12(15)8-11)20-10-14(16)17/h3-6,8,14H,2,7,9-10H2,1H3. The van der Waals surface area contributed by atoms with E-state index in [0.29, 0.717) is 10.8 Å². The van der Waals surface area contributed by atoms with Crippen LogP contribution in [0, 0.1) is 0 Å². The summed E-state index contributed by atoms with van der Waals surface area (Å²) in [6.45, 7) is 3.92. The van der Waals surface area contributed by atoms with Gasteiger partial charge >= 0.3 is 0 Å². The van der Waals surface area contributed by atoms with E-state index in [1.54, 1.807) is 12.1 Å². The number of hydrogen-bond donors (Lipinski definition) is 0. The number of hydrazine groups is 1. The highest BCUT2D eigenvalue weighted by Gasteiger charge is 2.15. The van der Waals surface area contributed by atoms with Crippen molar-refractivity contribution in [1.29, 1.82) is 0 Å². The summed E-state index contributed by atoms with van der Waals surface area (Å²) in [5, 5.41) is 4.65. The van der Waals surface area contributed by atoms with Crippen LogP contribution in [0.15, 0.2) is 30.5 Å². The van der Waals surface area contributed by atoms with Gasteiger partial charge < -0.3 is 9.75 Å². The lowest BCUT2D eigenvalue weighted by Gasteiger charge is -2.28. The number of ether oxygens (including phenoxy) is 1. The van der Waals surface area contributed by atoms with E-state index in [2.05, 4.69) is 23.0 Å². The maximum atomic E-state index is 12.1. The maximum Gasteiger partial charge on any atom is 0.272 e. The number of hydrogen-bond acceptors (Lipinski definition) is 3. The molecule has 1 aromatic carbocycles. The zero-order valence-corrected chi connectivity index (χ0v) is 12.0. The first-order valence-electron chi connectivity index (χ1n) is 6.47. The summed E-state index contributed by atoms with van der Waals surface area (Å²) in [7, 11) is 0. The van der Waals surface area contributed by atoms with Gasteiger partial charge in [0.25, 0.3) is 6.43 Å². The Morgan fingerprint density at radius 1 is 1.40 bits per heavy atom. The Hall–Kier alpha value is -1.33. The fraction of sp³-hybridized carbons (Fsp3) is 0.429. The van der Waals surface area contributed by atoms with Crippen LogP contribution < -0.4 is 4.74 Å². The minimum atomic E-state index is -2.50. The van der Waals surface area contributed by atoms with E-state index in [4.69, 9.17) is 16.3 Å². The first-order chi connectivity index (χ1) is 9.60. The van der Waals surface area contributed by atoms with Gasteiger partial charge in [-0.2, -0.15) is 0 Å². The molecule has 1 aliphatic rings. The summed E-state index contributed by atoms with van der Waals surface area (Å²) >= 11 is 6.05. The predicted molar refractivity (Wildman–Crippen MR) is 74.9 cm³/mol. The van der Waals surface area contributed by atoms with E-state index in [-0.39, 0.29) is 0 Å². The second-order valence-electron chi connectivity index (χ2n) is 4.45. The third-order valence-electron chi connectivity index (χ3n) is 3.01. The van der Waals surface area contributed by atoms with Gasteiger partial charge in [-0.3, -0.25) is 0 Å². The van der Waals surface area contributed by atoms with E-state index in [0.717, 1.165) is 25.2 Å². The van der Waals surface area contributed by atoms with Crippen molar-refractivity contribution in [2.75, 3.05) is 19.7 Å². The smallest absolute Gasteiger partial charge is 0.272 e. The lowest BCUT2D eigenvalue weighted by Crippen LogP contribution is -2.34.